The Bertz CT molecular complexity index is 401. The first kappa shape index (κ1) is 9.83. The Labute approximate surface area is 88.6 Å². The van der Waals surface area contributed by atoms with E-state index >= 15 is 0 Å². The topological polar surface area (TPSA) is 45.0 Å². The SMILES string of the molecule is Cc1ccccc1N1CCC/C1=N\N=O. The number of para-hydroxylation sites is 1. The number of nitrogens with zero attached hydrogens (tertiary/aromatic N) is 3. The molecule has 1 aliphatic rings. The Balaban J connectivity index is 2.35. The van der Waals surface area contributed by atoms with Gasteiger partial charge in [0.15, 0.2) is 0 Å². The first-order valence-electron chi connectivity index (χ1n) is 5.05. The van der Waals surface area contributed by atoms with Crippen molar-refractivity contribution < 1.29 is 0 Å². The smallest absolute Gasteiger partial charge is 0.135 e. The second-order valence-electron chi connectivity index (χ2n) is 3.64. The van der Waals surface area contributed by atoms with Crippen LogP contribution in [0.2, 0.25) is 0 Å². The van der Waals surface area contributed by atoms with Crippen molar-refractivity contribution in [2.45, 2.75) is 19.8 Å². The lowest BCUT2D eigenvalue weighted by atomic mass is 10.2. The zero-order valence-electron chi connectivity index (χ0n) is 8.68. The van der Waals surface area contributed by atoms with Gasteiger partial charge in [-0.3, -0.25) is 0 Å². The van der Waals surface area contributed by atoms with Crippen molar-refractivity contribution in [2.24, 2.45) is 10.4 Å². The molecular weight excluding hydrogens is 190 g/mol. The van der Waals surface area contributed by atoms with Gasteiger partial charge in [-0.15, -0.1) is 4.91 Å². The van der Waals surface area contributed by atoms with Crippen LogP contribution in [0.25, 0.3) is 0 Å². The fourth-order valence-corrected chi connectivity index (χ4v) is 1.94. The van der Waals surface area contributed by atoms with E-state index in [9.17, 15) is 4.91 Å². The van der Waals surface area contributed by atoms with Crippen molar-refractivity contribution in [3.63, 3.8) is 0 Å². The zero-order chi connectivity index (χ0) is 10.7. The van der Waals surface area contributed by atoms with E-state index < -0.39 is 0 Å². The lowest BCUT2D eigenvalue weighted by Crippen LogP contribution is -2.24. The Hall–Kier alpha value is -1.71. The van der Waals surface area contributed by atoms with Gasteiger partial charge in [-0.2, -0.15) is 0 Å². The number of rotatable bonds is 2. The van der Waals surface area contributed by atoms with Gasteiger partial charge in [-0.25, -0.2) is 0 Å². The van der Waals surface area contributed by atoms with Gasteiger partial charge in [0.1, 0.15) is 5.84 Å². The molecule has 15 heavy (non-hydrogen) atoms. The average molecular weight is 203 g/mol. The van der Waals surface area contributed by atoms with Crippen LogP contribution in [0.15, 0.2) is 34.7 Å². The molecule has 1 aromatic carbocycles. The number of amidine groups is 1. The fraction of sp³-hybridized carbons (Fsp3) is 0.364. The van der Waals surface area contributed by atoms with Crippen LogP contribution in [-0.4, -0.2) is 12.4 Å². The maximum Gasteiger partial charge on any atom is 0.135 e. The number of aryl methyl sites for hydroxylation is 1. The first-order valence-corrected chi connectivity index (χ1v) is 5.05. The van der Waals surface area contributed by atoms with E-state index in [-0.39, 0.29) is 0 Å². The van der Waals surface area contributed by atoms with Crippen molar-refractivity contribution in [3.05, 3.63) is 34.7 Å². The van der Waals surface area contributed by atoms with Gasteiger partial charge in [-0.1, -0.05) is 23.3 Å². The summed E-state index contributed by atoms with van der Waals surface area (Å²) < 4.78 is 0. The van der Waals surface area contributed by atoms with E-state index in [1.54, 1.807) is 0 Å². The molecule has 0 spiro atoms. The van der Waals surface area contributed by atoms with Crippen LogP contribution >= 0.6 is 0 Å². The van der Waals surface area contributed by atoms with Crippen LogP contribution < -0.4 is 4.90 Å². The quantitative estimate of drug-likeness (QED) is 0.548. The van der Waals surface area contributed by atoms with Gasteiger partial charge in [0.25, 0.3) is 0 Å². The molecule has 78 valence electrons. The predicted molar refractivity (Wildman–Crippen MR) is 61.0 cm³/mol. The molecule has 0 N–H and O–H groups in total. The summed E-state index contributed by atoms with van der Waals surface area (Å²) in [6.07, 6.45) is 1.86. The molecule has 1 aromatic rings. The highest BCUT2D eigenvalue weighted by Crippen LogP contribution is 2.25. The minimum Gasteiger partial charge on any atom is -0.328 e. The first-order chi connectivity index (χ1) is 7.33. The Morgan fingerprint density at radius 1 is 1.33 bits per heavy atom. The predicted octanol–water partition coefficient (Wildman–Crippen LogP) is 2.68. The van der Waals surface area contributed by atoms with Gasteiger partial charge in [-0.05, 0) is 25.0 Å². The molecule has 0 unspecified atom stereocenters. The molecule has 1 saturated heterocycles. The number of hydrogen-bond donors (Lipinski definition) is 0. The molecule has 0 atom stereocenters. The summed E-state index contributed by atoms with van der Waals surface area (Å²) in [7, 11) is 0. The average Bonchev–Trinajstić information content (AvgIpc) is 2.67. The monoisotopic (exact) mass is 203 g/mol. The lowest BCUT2D eigenvalue weighted by molar-refractivity contribution is 0.954. The molecule has 1 fully saturated rings. The third kappa shape index (κ3) is 1.88. The number of anilines is 1. The molecule has 0 bridgehead atoms. The van der Waals surface area contributed by atoms with Crippen LogP contribution in [0.3, 0.4) is 0 Å². The summed E-state index contributed by atoms with van der Waals surface area (Å²) in [5.74, 6) is 0.777. The van der Waals surface area contributed by atoms with Crippen LogP contribution in [0.4, 0.5) is 5.69 Å². The summed E-state index contributed by atoms with van der Waals surface area (Å²) in [6, 6.07) is 8.09. The van der Waals surface area contributed by atoms with Gasteiger partial charge in [0.2, 0.25) is 0 Å². The Kier molecular flexibility index (Phi) is 2.76. The van der Waals surface area contributed by atoms with E-state index in [1.807, 2.05) is 18.2 Å². The van der Waals surface area contributed by atoms with Crippen molar-refractivity contribution in [1.82, 2.24) is 0 Å². The maximum atomic E-state index is 10.2. The fourth-order valence-electron chi connectivity index (χ4n) is 1.94. The van der Waals surface area contributed by atoms with E-state index in [1.165, 1.54) is 5.56 Å². The standard InChI is InChI=1S/C11H13N3O/c1-9-5-2-3-6-10(9)14-8-4-7-11(14)12-13-15/h2-3,5-6H,4,7-8H2,1H3/b12-11+. The molecule has 4 heteroatoms. The van der Waals surface area contributed by atoms with E-state index in [4.69, 9.17) is 0 Å². The van der Waals surface area contributed by atoms with Crippen LogP contribution in [0.1, 0.15) is 18.4 Å². The van der Waals surface area contributed by atoms with Crippen LogP contribution in [0.5, 0.6) is 0 Å². The molecule has 4 nitrogen and oxygen atoms in total. The highest BCUT2D eigenvalue weighted by Gasteiger charge is 2.21. The number of benzene rings is 1. The Morgan fingerprint density at radius 3 is 2.87 bits per heavy atom. The second kappa shape index (κ2) is 4.21. The summed E-state index contributed by atoms with van der Waals surface area (Å²) in [4.78, 5) is 12.2. The van der Waals surface area contributed by atoms with Crippen molar-refractivity contribution in [2.75, 3.05) is 11.4 Å². The zero-order valence-corrected chi connectivity index (χ0v) is 8.68. The molecular formula is C11H13N3O. The molecule has 0 amide bonds. The number of nitroso groups, excluding NO2 is 1. The summed E-state index contributed by atoms with van der Waals surface area (Å²) in [5.41, 5.74) is 2.32. The van der Waals surface area contributed by atoms with E-state index in [0.717, 1.165) is 30.9 Å². The largest absolute Gasteiger partial charge is 0.328 e. The minimum atomic E-state index is 0.777. The molecule has 0 saturated carbocycles. The third-order valence-electron chi connectivity index (χ3n) is 2.66. The van der Waals surface area contributed by atoms with Crippen molar-refractivity contribution in [1.29, 1.82) is 0 Å². The lowest BCUT2D eigenvalue weighted by Gasteiger charge is -2.19. The van der Waals surface area contributed by atoms with Crippen LogP contribution in [0, 0.1) is 11.8 Å². The third-order valence-corrected chi connectivity index (χ3v) is 2.66. The van der Waals surface area contributed by atoms with Crippen molar-refractivity contribution in [3.8, 4) is 0 Å². The highest BCUT2D eigenvalue weighted by atomic mass is 16.3. The molecule has 1 aliphatic heterocycles. The van der Waals surface area contributed by atoms with Crippen LogP contribution in [-0.2, 0) is 0 Å². The second-order valence-corrected chi connectivity index (χ2v) is 3.64. The maximum absolute atomic E-state index is 10.2. The Morgan fingerprint density at radius 2 is 2.13 bits per heavy atom. The molecule has 0 radical (unpaired) electrons. The summed E-state index contributed by atoms with van der Waals surface area (Å²) in [6.45, 7) is 2.97. The number of hydrogen-bond acceptors (Lipinski definition) is 2. The van der Waals surface area contributed by atoms with E-state index in [2.05, 4.69) is 28.3 Å². The molecule has 2 rings (SSSR count). The molecule has 0 aliphatic carbocycles. The van der Waals surface area contributed by atoms with E-state index in [0.29, 0.717) is 0 Å². The van der Waals surface area contributed by atoms with Gasteiger partial charge in [0.05, 0.1) is 5.29 Å². The normalized spacial score (nSPS) is 18.5. The van der Waals surface area contributed by atoms with Gasteiger partial charge >= 0.3 is 0 Å². The van der Waals surface area contributed by atoms with Gasteiger partial charge < -0.3 is 4.90 Å². The summed E-state index contributed by atoms with van der Waals surface area (Å²) >= 11 is 0. The van der Waals surface area contributed by atoms with Crippen molar-refractivity contribution >= 4 is 11.5 Å². The summed E-state index contributed by atoms with van der Waals surface area (Å²) in [5, 5.41) is 6.25. The molecule has 1 heterocycles. The van der Waals surface area contributed by atoms with Gasteiger partial charge in [0, 0.05) is 18.7 Å². The molecule has 0 aromatic heterocycles. The minimum absolute atomic E-state index is 0.777. The highest BCUT2D eigenvalue weighted by molar-refractivity contribution is 6.00.